The predicted molar refractivity (Wildman–Crippen MR) is 99.5 cm³/mol. The van der Waals surface area contributed by atoms with Gasteiger partial charge in [0, 0.05) is 30.5 Å². The number of ether oxygens (including phenoxy) is 2. The van der Waals surface area contributed by atoms with Crippen molar-refractivity contribution in [3.63, 3.8) is 0 Å². The van der Waals surface area contributed by atoms with Gasteiger partial charge in [-0.2, -0.15) is 5.10 Å². The van der Waals surface area contributed by atoms with Crippen molar-refractivity contribution in [3.8, 4) is 5.75 Å². The Bertz CT molecular complexity index is 796. The standard InChI is InChI=1S/C20H27N3O3/c1-20(2,3)26-19(24)23-10-8-13(9-11-23)18-16-7-6-15(25-14-4-5-14)12-17(16)21-22-18/h6-7,12-14H,4-5,8-11H2,1-3H3,(H,21,22). The molecule has 2 fully saturated rings. The SMILES string of the molecule is CC(C)(C)OC(=O)N1CCC(c2n[nH]c3cc(OC4CC4)ccc23)CC1. The summed E-state index contributed by atoms with van der Waals surface area (Å²) in [6, 6.07) is 6.18. The van der Waals surface area contributed by atoms with Crippen molar-refractivity contribution in [1.82, 2.24) is 15.1 Å². The molecule has 4 rings (SSSR count). The van der Waals surface area contributed by atoms with Crippen LogP contribution in [0, 0.1) is 0 Å². The molecule has 0 bridgehead atoms. The number of piperidine rings is 1. The van der Waals surface area contributed by atoms with Crippen LogP contribution in [0.15, 0.2) is 18.2 Å². The number of amides is 1. The minimum Gasteiger partial charge on any atom is -0.490 e. The molecule has 0 radical (unpaired) electrons. The third-order valence-corrected chi connectivity index (χ3v) is 4.92. The first-order chi connectivity index (χ1) is 12.4. The largest absolute Gasteiger partial charge is 0.490 e. The number of nitrogens with zero attached hydrogens (tertiary/aromatic N) is 2. The molecule has 140 valence electrons. The lowest BCUT2D eigenvalue weighted by Gasteiger charge is -2.33. The second kappa shape index (κ2) is 6.49. The summed E-state index contributed by atoms with van der Waals surface area (Å²) >= 11 is 0. The summed E-state index contributed by atoms with van der Waals surface area (Å²) < 4.78 is 11.3. The lowest BCUT2D eigenvalue weighted by Crippen LogP contribution is -2.41. The number of carbonyl (C=O) groups is 1. The van der Waals surface area contributed by atoms with E-state index in [1.54, 1.807) is 4.90 Å². The van der Waals surface area contributed by atoms with Gasteiger partial charge in [0.05, 0.1) is 17.3 Å². The van der Waals surface area contributed by atoms with Crippen LogP contribution in [0.3, 0.4) is 0 Å². The Morgan fingerprint density at radius 2 is 1.92 bits per heavy atom. The van der Waals surface area contributed by atoms with Crippen molar-refractivity contribution < 1.29 is 14.3 Å². The average molecular weight is 357 g/mol. The third kappa shape index (κ3) is 3.79. The van der Waals surface area contributed by atoms with E-state index in [2.05, 4.69) is 16.3 Å². The van der Waals surface area contributed by atoms with E-state index >= 15 is 0 Å². The molecule has 2 heterocycles. The van der Waals surface area contributed by atoms with Gasteiger partial charge in [0.1, 0.15) is 11.4 Å². The maximum atomic E-state index is 12.2. The van der Waals surface area contributed by atoms with Crippen LogP contribution in [-0.2, 0) is 4.74 Å². The van der Waals surface area contributed by atoms with Crippen molar-refractivity contribution in [2.75, 3.05) is 13.1 Å². The molecule has 1 saturated heterocycles. The summed E-state index contributed by atoms with van der Waals surface area (Å²) in [7, 11) is 0. The number of fused-ring (bicyclic) bond motifs is 1. The first-order valence-electron chi connectivity index (χ1n) is 9.52. The van der Waals surface area contributed by atoms with Crippen LogP contribution in [0.5, 0.6) is 5.75 Å². The fourth-order valence-electron chi connectivity index (χ4n) is 3.44. The zero-order valence-electron chi connectivity index (χ0n) is 15.7. The van der Waals surface area contributed by atoms with Gasteiger partial charge in [-0.15, -0.1) is 0 Å². The Kier molecular flexibility index (Phi) is 4.29. The number of likely N-dealkylation sites (tertiary alicyclic amines) is 1. The number of H-pyrrole nitrogens is 1. The fraction of sp³-hybridized carbons (Fsp3) is 0.600. The number of rotatable bonds is 3. The Morgan fingerprint density at radius 3 is 2.58 bits per heavy atom. The van der Waals surface area contributed by atoms with Crippen LogP contribution < -0.4 is 4.74 Å². The average Bonchev–Trinajstić information content (AvgIpc) is 3.30. The summed E-state index contributed by atoms with van der Waals surface area (Å²) in [6.07, 6.45) is 4.29. The summed E-state index contributed by atoms with van der Waals surface area (Å²) in [5, 5.41) is 8.87. The zero-order chi connectivity index (χ0) is 18.3. The molecule has 1 amide bonds. The highest BCUT2D eigenvalue weighted by atomic mass is 16.6. The quantitative estimate of drug-likeness (QED) is 0.893. The zero-order valence-corrected chi connectivity index (χ0v) is 15.7. The molecule has 0 spiro atoms. The van der Waals surface area contributed by atoms with Gasteiger partial charge in [-0.3, -0.25) is 5.10 Å². The van der Waals surface area contributed by atoms with Crippen molar-refractivity contribution in [1.29, 1.82) is 0 Å². The van der Waals surface area contributed by atoms with Crippen molar-refractivity contribution in [2.24, 2.45) is 0 Å². The number of carbonyl (C=O) groups excluding carboxylic acids is 1. The molecular weight excluding hydrogens is 330 g/mol. The van der Waals surface area contributed by atoms with Gasteiger partial charge in [-0.1, -0.05) is 0 Å². The molecule has 1 aliphatic heterocycles. The summed E-state index contributed by atoms with van der Waals surface area (Å²) in [5.41, 5.74) is 1.67. The molecular formula is C20H27N3O3. The van der Waals surface area contributed by atoms with Gasteiger partial charge in [-0.05, 0) is 58.6 Å². The molecule has 2 aromatic rings. The van der Waals surface area contributed by atoms with E-state index in [4.69, 9.17) is 9.47 Å². The maximum Gasteiger partial charge on any atom is 0.410 e. The molecule has 0 atom stereocenters. The molecule has 6 nitrogen and oxygen atoms in total. The van der Waals surface area contributed by atoms with Gasteiger partial charge in [-0.25, -0.2) is 4.79 Å². The van der Waals surface area contributed by atoms with Gasteiger partial charge in [0.25, 0.3) is 0 Å². The Morgan fingerprint density at radius 1 is 1.19 bits per heavy atom. The summed E-state index contributed by atoms with van der Waals surface area (Å²) in [4.78, 5) is 14.0. The second-order valence-corrected chi connectivity index (χ2v) is 8.38. The lowest BCUT2D eigenvalue weighted by molar-refractivity contribution is 0.0204. The van der Waals surface area contributed by atoms with Gasteiger partial charge in [0.15, 0.2) is 0 Å². The van der Waals surface area contributed by atoms with E-state index in [0.717, 1.165) is 48.0 Å². The summed E-state index contributed by atoms with van der Waals surface area (Å²) in [6.45, 7) is 7.10. The van der Waals surface area contributed by atoms with Crippen molar-refractivity contribution in [2.45, 2.75) is 64.1 Å². The molecule has 2 aliphatic rings. The smallest absolute Gasteiger partial charge is 0.410 e. The second-order valence-electron chi connectivity index (χ2n) is 8.38. The number of aromatic amines is 1. The molecule has 26 heavy (non-hydrogen) atoms. The summed E-state index contributed by atoms with van der Waals surface area (Å²) in [5.74, 6) is 1.27. The number of hydrogen-bond donors (Lipinski definition) is 1. The number of hydrogen-bond acceptors (Lipinski definition) is 4. The Labute approximate surface area is 153 Å². The lowest BCUT2D eigenvalue weighted by atomic mass is 9.92. The monoisotopic (exact) mass is 357 g/mol. The normalized spacial score (nSPS) is 19.0. The van der Waals surface area contributed by atoms with Gasteiger partial charge < -0.3 is 14.4 Å². The molecule has 6 heteroatoms. The molecule has 1 aromatic carbocycles. The van der Waals surface area contributed by atoms with Crippen LogP contribution in [0.2, 0.25) is 0 Å². The van der Waals surface area contributed by atoms with Crippen LogP contribution in [0.1, 0.15) is 58.1 Å². The molecule has 1 N–H and O–H groups in total. The van der Waals surface area contributed by atoms with E-state index in [0.29, 0.717) is 25.1 Å². The minimum atomic E-state index is -0.452. The third-order valence-electron chi connectivity index (χ3n) is 4.92. The fourth-order valence-corrected chi connectivity index (χ4v) is 3.44. The molecule has 1 aromatic heterocycles. The Hall–Kier alpha value is -2.24. The first-order valence-corrected chi connectivity index (χ1v) is 9.52. The van der Waals surface area contributed by atoms with Crippen LogP contribution in [-0.4, -0.2) is 46.0 Å². The number of benzene rings is 1. The predicted octanol–water partition coefficient (Wildman–Crippen LogP) is 4.22. The van der Waals surface area contributed by atoms with E-state index in [9.17, 15) is 4.79 Å². The highest BCUT2D eigenvalue weighted by molar-refractivity contribution is 5.83. The van der Waals surface area contributed by atoms with Crippen LogP contribution in [0.4, 0.5) is 4.79 Å². The van der Waals surface area contributed by atoms with Crippen molar-refractivity contribution >= 4 is 17.0 Å². The number of aromatic nitrogens is 2. The van der Waals surface area contributed by atoms with E-state index < -0.39 is 5.60 Å². The van der Waals surface area contributed by atoms with E-state index in [-0.39, 0.29) is 6.09 Å². The maximum absolute atomic E-state index is 12.2. The van der Waals surface area contributed by atoms with Gasteiger partial charge in [0.2, 0.25) is 0 Å². The topological polar surface area (TPSA) is 67.5 Å². The van der Waals surface area contributed by atoms with E-state index in [1.807, 2.05) is 32.9 Å². The minimum absolute atomic E-state index is 0.218. The van der Waals surface area contributed by atoms with Crippen LogP contribution in [0.25, 0.3) is 10.9 Å². The molecule has 0 unspecified atom stereocenters. The first kappa shape index (κ1) is 17.2. The number of nitrogens with one attached hydrogen (secondary N) is 1. The highest BCUT2D eigenvalue weighted by Crippen LogP contribution is 2.34. The molecule has 1 aliphatic carbocycles. The van der Waals surface area contributed by atoms with Crippen LogP contribution >= 0.6 is 0 Å². The highest BCUT2D eigenvalue weighted by Gasteiger charge is 2.29. The van der Waals surface area contributed by atoms with E-state index in [1.165, 1.54) is 0 Å². The van der Waals surface area contributed by atoms with Crippen molar-refractivity contribution in [3.05, 3.63) is 23.9 Å². The van der Waals surface area contributed by atoms with Gasteiger partial charge >= 0.3 is 6.09 Å². The molecule has 1 saturated carbocycles. The Balaban J connectivity index is 1.41.